The Kier molecular flexibility index (Phi) is 6.82. The molecule has 7 nitrogen and oxygen atoms in total. The predicted octanol–water partition coefficient (Wildman–Crippen LogP) is 1.48. The topological polar surface area (TPSA) is 85.9 Å². The highest BCUT2D eigenvalue weighted by Crippen LogP contribution is 2.28. The average molecular weight is 348 g/mol. The number of hydrogen-bond acceptors (Lipinski definition) is 5. The number of amides is 2. The largest absolute Gasteiger partial charge is 0.493 e. The summed E-state index contributed by atoms with van der Waals surface area (Å²) >= 11 is 0. The van der Waals surface area contributed by atoms with Crippen molar-refractivity contribution in [3.8, 4) is 11.5 Å². The Morgan fingerprint density at radius 2 is 2.04 bits per heavy atom. The maximum absolute atomic E-state index is 12.4. The van der Waals surface area contributed by atoms with Gasteiger partial charge in [-0.25, -0.2) is 0 Å². The molecule has 1 atom stereocenters. The van der Waals surface area contributed by atoms with Gasteiger partial charge in [0, 0.05) is 20.1 Å². The van der Waals surface area contributed by atoms with Gasteiger partial charge in [0.05, 0.1) is 20.3 Å². The third-order valence-corrected chi connectivity index (χ3v) is 3.79. The molecule has 1 aliphatic rings. The molecule has 1 fully saturated rings. The molecule has 1 aromatic carbocycles. The summed E-state index contributed by atoms with van der Waals surface area (Å²) in [6, 6.07) is 5.24. The Balaban J connectivity index is 2.15. The van der Waals surface area contributed by atoms with Gasteiger partial charge in [-0.3, -0.25) is 9.59 Å². The second-order valence-electron chi connectivity index (χ2n) is 5.70. The van der Waals surface area contributed by atoms with E-state index in [0.29, 0.717) is 23.6 Å². The molecule has 2 amide bonds. The van der Waals surface area contributed by atoms with Gasteiger partial charge in [0.1, 0.15) is 5.70 Å². The van der Waals surface area contributed by atoms with Gasteiger partial charge in [-0.05, 0) is 36.6 Å². The molecule has 0 radical (unpaired) electrons. The second-order valence-corrected chi connectivity index (χ2v) is 5.70. The number of benzene rings is 1. The van der Waals surface area contributed by atoms with Crippen LogP contribution in [0, 0.1) is 0 Å². The summed E-state index contributed by atoms with van der Waals surface area (Å²) in [7, 11) is 3.09. The van der Waals surface area contributed by atoms with Crippen LogP contribution >= 0.6 is 0 Å². The number of rotatable bonds is 7. The van der Waals surface area contributed by atoms with Crippen LogP contribution in [0.3, 0.4) is 0 Å². The molecule has 0 saturated carbocycles. The van der Waals surface area contributed by atoms with Gasteiger partial charge >= 0.3 is 0 Å². The van der Waals surface area contributed by atoms with Crippen LogP contribution in [0.1, 0.15) is 25.3 Å². The van der Waals surface area contributed by atoms with Gasteiger partial charge in [-0.2, -0.15) is 0 Å². The van der Waals surface area contributed by atoms with Gasteiger partial charge in [0.2, 0.25) is 5.91 Å². The highest BCUT2D eigenvalue weighted by molar-refractivity contribution is 6.00. The van der Waals surface area contributed by atoms with Crippen LogP contribution in [0.4, 0.5) is 0 Å². The monoisotopic (exact) mass is 348 g/mol. The van der Waals surface area contributed by atoms with Crippen LogP contribution in [0.25, 0.3) is 6.08 Å². The summed E-state index contributed by atoms with van der Waals surface area (Å²) in [6.45, 7) is 2.50. The molecule has 136 valence electrons. The molecule has 1 aliphatic heterocycles. The van der Waals surface area contributed by atoms with E-state index in [1.165, 1.54) is 14.0 Å². The van der Waals surface area contributed by atoms with E-state index >= 15 is 0 Å². The number of methoxy groups -OCH3 is 2. The molecular formula is C18H24N2O5. The molecule has 2 N–H and O–H groups in total. The van der Waals surface area contributed by atoms with Gasteiger partial charge in [-0.15, -0.1) is 0 Å². The average Bonchev–Trinajstić information content (AvgIpc) is 3.12. The summed E-state index contributed by atoms with van der Waals surface area (Å²) in [5.41, 5.74) is 0.867. The molecule has 7 heteroatoms. The van der Waals surface area contributed by atoms with Crippen LogP contribution in [0.2, 0.25) is 0 Å². The van der Waals surface area contributed by atoms with Gasteiger partial charge < -0.3 is 24.8 Å². The van der Waals surface area contributed by atoms with Crippen molar-refractivity contribution in [2.75, 3.05) is 27.4 Å². The molecular weight excluding hydrogens is 324 g/mol. The molecule has 1 heterocycles. The first-order chi connectivity index (χ1) is 12.0. The molecule has 0 spiro atoms. The Hall–Kier alpha value is -2.54. The molecule has 25 heavy (non-hydrogen) atoms. The first-order valence-corrected chi connectivity index (χ1v) is 8.14. The predicted molar refractivity (Wildman–Crippen MR) is 93.3 cm³/mol. The quantitative estimate of drug-likeness (QED) is 0.729. The smallest absolute Gasteiger partial charge is 0.267 e. The molecule has 1 unspecified atom stereocenters. The maximum atomic E-state index is 12.4. The zero-order valence-corrected chi connectivity index (χ0v) is 14.8. The zero-order valence-electron chi connectivity index (χ0n) is 14.8. The lowest BCUT2D eigenvalue weighted by atomic mass is 10.1. The van der Waals surface area contributed by atoms with E-state index in [2.05, 4.69) is 10.6 Å². The summed E-state index contributed by atoms with van der Waals surface area (Å²) in [6.07, 6.45) is 3.55. The first kappa shape index (κ1) is 18.8. The Morgan fingerprint density at radius 3 is 2.64 bits per heavy atom. The van der Waals surface area contributed by atoms with Crippen molar-refractivity contribution in [3.05, 3.63) is 29.5 Å². The number of carbonyl (C=O) groups excluding carboxylic acids is 2. The molecule has 0 bridgehead atoms. The third kappa shape index (κ3) is 5.49. The van der Waals surface area contributed by atoms with Gasteiger partial charge in [0.15, 0.2) is 11.5 Å². The highest BCUT2D eigenvalue weighted by Gasteiger charge is 2.18. The minimum Gasteiger partial charge on any atom is -0.493 e. The van der Waals surface area contributed by atoms with Crippen molar-refractivity contribution in [2.45, 2.75) is 25.9 Å². The maximum Gasteiger partial charge on any atom is 0.267 e. The van der Waals surface area contributed by atoms with Crippen molar-refractivity contribution >= 4 is 17.9 Å². The van der Waals surface area contributed by atoms with E-state index in [1.807, 2.05) is 0 Å². The standard InChI is InChI=1S/C18H24N2O5/c1-12(21)20-15(18(22)19-11-14-5-4-8-25-14)9-13-6-7-16(23-2)17(10-13)24-3/h6-7,9-10,14H,4-5,8,11H2,1-3H3,(H,19,22)(H,20,21)/b15-9+. The minimum absolute atomic E-state index is 0.0311. The summed E-state index contributed by atoms with van der Waals surface area (Å²) in [5.74, 6) is 0.446. The number of nitrogens with one attached hydrogen (secondary N) is 2. The van der Waals surface area contributed by atoms with Crippen molar-refractivity contribution in [1.82, 2.24) is 10.6 Å². The van der Waals surface area contributed by atoms with Crippen LogP contribution in [0.5, 0.6) is 11.5 Å². The van der Waals surface area contributed by atoms with E-state index in [1.54, 1.807) is 31.4 Å². The second kappa shape index (κ2) is 9.08. The van der Waals surface area contributed by atoms with Crippen molar-refractivity contribution < 1.29 is 23.8 Å². The minimum atomic E-state index is -0.361. The van der Waals surface area contributed by atoms with E-state index in [0.717, 1.165) is 19.4 Å². The Morgan fingerprint density at radius 1 is 1.28 bits per heavy atom. The zero-order chi connectivity index (χ0) is 18.2. The number of hydrogen-bond donors (Lipinski definition) is 2. The molecule has 1 saturated heterocycles. The SMILES string of the molecule is COc1ccc(/C=C(/NC(C)=O)C(=O)NCC2CCCO2)cc1OC. The van der Waals surface area contributed by atoms with E-state index in [9.17, 15) is 9.59 Å². The third-order valence-electron chi connectivity index (χ3n) is 3.79. The van der Waals surface area contributed by atoms with E-state index in [-0.39, 0.29) is 23.6 Å². The number of carbonyl (C=O) groups is 2. The first-order valence-electron chi connectivity index (χ1n) is 8.14. The molecule has 2 rings (SSSR count). The van der Waals surface area contributed by atoms with Crippen molar-refractivity contribution in [1.29, 1.82) is 0 Å². The van der Waals surface area contributed by atoms with Crippen molar-refractivity contribution in [2.24, 2.45) is 0 Å². The number of ether oxygens (including phenoxy) is 3. The summed E-state index contributed by atoms with van der Waals surface area (Å²) < 4.78 is 15.9. The van der Waals surface area contributed by atoms with Crippen LogP contribution in [-0.2, 0) is 14.3 Å². The van der Waals surface area contributed by atoms with Crippen LogP contribution < -0.4 is 20.1 Å². The van der Waals surface area contributed by atoms with Crippen LogP contribution in [0.15, 0.2) is 23.9 Å². The normalized spacial score (nSPS) is 17.1. The summed E-state index contributed by atoms with van der Waals surface area (Å²) in [5, 5.41) is 5.37. The highest BCUT2D eigenvalue weighted by atomic mass is 16.5. The lowest BCUT2D eigenvalue weighted by Crippen LogP contribution is -2.37. The molecule has 0 aliphatic carbocycles. The fraction of sp³-hybridized carbons (Fsp3) is 0.444. The Bertz CT molecular complexity index is 651. The van der Waals surface area contributed by atoms with Crippen LogP contribution in [-0.4, -0.2) is 45.3 Å². The fourth-order valence-corrected chi connectivity index (χ4v) is 2.56. The summed E-state index contributed by atoms with van der Waals surface area (Å²) in [4.78, 5) is 23.8. The van der Waals surface area contributed by atoms with E-state index in [4.69, 9.17) is 14.2 Å². The lowest BCUT2D eigenvalue weighted by Gasteiger charge is -2.13. The fourth-order valence-electron chi connectivity index (χ4n) is 2.56. The molecule has 1 aromatic rings. The molecule has 0 aromatic heterocycles. The van der Waals surface area contributed by atoms with Gasteiger partial charge in [-0.1, -0.05) is 6.07 Å². The lowest BCUT2D eigenvalue weighted by molar-refractivity contribution is -0.122. The van der Waals surface area contributed by atoms with E-state index < -0.39 is 0 Å². The van der Waals surface area contributed by atoms with Gasteiger partial charge in [0.25, 0.3) is 5.91 Å². The van der Waals surface area contributed by atoms with Crippen molar-refractivity contribution in [3.63, 3.8) is 0 Å². The Labute approximate surface area is 147 Å².